The quantitative estimate of drug-likeness (QED) is 0.653. The zero-order valence-corrected chi connectivity index (χ0v) is 21.2. The second-order valence-electron chi connectivity index (χ2n) is 11.4. The number of nitrogens with one attached hydrogen (secondary N) is 1. The number of carbonyl (C=O) groups is 1. The third-order valence-electron chi connectivity index (χ3n) is 8.82. The number of anilines is 1. The molecular weight excluding hydrogens is 442 g/mol. The van der Waals surface area contributed by atoms with E-state index in [0.717, 1.165) is 93.7 Å². The number of amides is 1. The molecule has 2 aromatic rings. The van der Waals surface area contributed by atoms with Crippen molar-refractivity contribution in [3.8, 4) is 0 Å². The van der Waals surface area contributed by atoms with Gasteiger partial charge in [0.05, 0.1) is 0 Å². The average molecular weight is 480 g/mol. The number of hydrogen-bond acceptors (Lipinski definition) is 6. The van der Waals surface area contributed by atoms with Crippen LogP contribution in [0.15, 0.2) is 24.3 Å². The molecule has 0 radical (unpaired) electrons. The van der Waals surface area contributed by atoms with Gasteiger partial charge >= 0.3 is 0 Å². The van der Waals surface area contributed by atoms with Crippen LogP contribution in [-0.4, -0.2) is 59.4 Å². The zero-order valence-electron chi connectivity index (χ0n) is 20.3. The predicted octanol–water partition coefficient (Wildman–Crippen LogP) is 3.89. The lowest BCUT2D eigenvalue weighted by atomic mass is 9.49. The Morgan fingerprint density at radius 3 is 2.32 bits per heavy atom. The molecule has 5 aliphatic rings. The molecule has 182 valence electrons. The zero-order chi connectivity index (χ0) is 23.1. The van der Waals surface area contributed by atoms with Crippen LogP contribution in [0.5, 0.6) is 0 Å². The minimum absolute atomic E-state index is 0.0262. The number of aromatic nitrogens is 2. The summed E-state index contributed by atoms with van der Waals surface area (Å²) < 4.78 is 4.60. The molecular formula is C27H37N5OS. The highest BCUT2D eigenvalue weighted by molar-refractivity contribution is 7.09. The van der Waals surface area contributed by atoms with Gasteiger partial charge in [0.15, 0.2) is 0 Å². The van der Waals surface area contributed by atoms with Gasteiger partial charge in [-0.25, -0.2) is 4.98 Å². The van der Waals surface area contributed by atoms with E-state index in [-0.39, 0.29) is 5.41 Å². The molecule has 6 nitrogen and oxygen atoms in total. The molecule has 0 spiro atoms. The minimum Gasteiger partial charge on any atom is -0.354 e. The predicted molar refractivity (Wildman–Crippen MR) is 136 cm³/mol. The van der Waals surface area contributed by atoms with E-state index in [1.165, 1.54) is 41.9 Å². The first-order valence-corrected chi connectivity index (χ1v) is 14.0. The molecule has 1 aliphatic heterocycles. The van der Waals surface area contributed by atoms with Crippen molar-refractivity contribution < 1.29 is 4.79 Å². The van der Waals surface area contributed by atoms with Crippen LogP contribution in [0.2, 0.25) is 0 Å². The Kier molecular flexibility index (Phi) is 6.10. The van der Waals surface area contributed by atoms with Crippen molar-refractivity contribution >= 4 is 22.6 Å². The molecule has 4 saturated carbocycles. The van der Waals surface area contributed by atoms with Gasteiger partial charge in [-0.1, -0.05) is 29.8 Å². The smallest absolute Gasteiger partial charge is 0.226 e. The standard InChI is InChI=1S/C27H37N5OS/c1-19-2-4-20(5-3-19)15-24-29-26(34-30-24)32-10-8-31(9-11-32)7-6-28-25(33)27-16-21-12-22(17-27)14-23(13-21)18-27/h2-5,21-23H,6-18H2,1H3,(H,28,33). The Bertz CT molecular complexity index is 975. The number of hydrogen-bond donors (Lipinski definition) is 1. The summed E-state index contributed by atoms with van der Waals surface area (Å²) in [6.07, 6.45) is 8.41. The van der Waals surface area contributed by atoms with Crippen molar-refractivity contribution in [2.45, 2.75) is 51.9 Å². The van der Waals surface area contributed by atoms with Crippen molar-refractivity contribution in [3.05, 3.63) is 41.2 Å². The van der Waals surface area contributed by atoms with E-state index in [0.29, 0.717) is 5.91 Å². The largest absolute Gasteiger partial charge is 0.354 e. The van der Waals surface area contributed by atoms with E-state index >= 15 is 0 Å². The number of rotatable bonds is 7. The molecule has 1 amide bonds. The second kappa shape index (κ2) is 9.23. The summed E-state index contributed by atoms with van der Waals surface area (Å²) in [5, 5.41) is 4.38. The number of aryl methyl sites for hydroxylation is 1. The van der Waals surface area contributed by atoms with Crippen LogP contribution < -0.4 is 10.2 Å². The summed E-state index contributed by atoms with van der Waals surface area (Å²) in [6, 6.07) is 8.62. The molecule has 7 heteroatoms. The van der Waals surface area contributed by atoms with Crippen molar-refractivity contribution in [2.24, 2.45) is 23.2 Å². The third-order valence-corrected chi connectivity index (χ3v) is 9.63. The van der Waals surface area contributed by atoms with Crippen molar-refractivity contribution in [2.75, 3.05) is 44.2 Å². The van der Waals surface area contributed by atoms with Gasteiger partial charge in [-0.15, -0.1) is 0 Å². The van der Waals surface area contributed by atoms with Gasteiger partial charge in [0.1, 0.15) is 5.82 Å². The number of piperazine rings is 1. The minimum atomic E-state index is -0.0262. The highest BCUT2D eigenvalue weighted by atomic mass is 32.1. The van der Waals surface area contributed by atoms with Crippen molar-refractivity contribution in [1.29, 1.82) is 0 Å². The average Bonchev–Trinajstić information content (AvgIpc) is 3.28. The first-order chi connectivity index (χ1) is 16.5. The summed E-state index contributed by atoms with van der Waals surface area (Å²) in [4.78, 5) is 22.8. The molecule has 1 saturated heterocycles. The van der Waals surface area contributed by atoms with E-state index in [4.69, 9.17) is 4.98 Å². The maximum atomic E-state index is 13.2. The second-order valence-corrected chi connectivity index (χ2v) is 12.2. The van der Waals surface area contributed by atoms with Gasteiger partial charge in [0, 0.05) is 62.6 Å². The highest BCUT2D eigenvalue weighted by Gasteiger charge is 2.54. The number of carbonyl (C=O) groups excluding carboxylic acids is 1. The summed E-state index contributed by atoms with van der Waals surface area (Å²) in [5.74, 6) is 3.74. The molecule has 4 bridgehead atoms. The summed E-state index contributed by atoms with van der Waals surface area (Å²) in [6.45, 7) is 7.81. The first kappa shape index (κ1) is 22.5. The molecule has 5 fully saturated rings. The fourth-order valence-electron chi connectivity index (χ4n) is 7.40. The van der Waals surface area contributed by atoms with E-state index in [2.05, 4.69) is 50.7 Å². The highest BCUT2D eigenvalue weighted by Crippen LogP contribution is 2.60. The van der Waals surface area contributed by atoms with Gasteiger partial charge < -0.3 is 10.2 Å². The normalized spacial score (nSPS) is 30.6. The monoisotopic (exact) mass is 479 g/mol. The maximum absolute atomic E-state index is 13.2. The van der Waals surface area contributed by atoms with Gasteiger partial charge in [-0.05, 0) is 68.8 Å². The Hall–Kier alpha value is -1.99. The fraction of sp³-hybridized carbons (Fsp3) is 0.667. The summed E-state index contributed by atoms with van der Waals surface area (Å²) in [7, 11) is 0. The molecule has 1 N–H and O–H groups in total. The van der Waals surface area contributed by atoms with Gasteiger partial charge in [0.2, 0.25) is 11.0 Å². The van der Waals surface area contributed by atoms with E-state index in [1.807, 2.05) is 0 Å². The topological polar surface area (TPSA) is 61.4 Å². The summed E-state index contributed by atoms with van der Waals surface area (Å²) >= 11 is 1.52. The van der Waals surface area contributed by atoms with Crippen LogP contribution in [0, 0.1) is 30.1 Å². The third kappa shape index (κ3) is 4.61. The molecule has 4 aliphatic carbocycles. The first-order valence-electron chi connectivity index (χ1n) is 13.2. The molecule has 1 aromatic heterocycles. The molecule has 34 heavy (non-hydrogen) atoms. The fourth-order valence-corrected chi connectivity index (χ4v) is 8.14. The lowest BCUT2D eigenvalue weighted by Gasteiger charge is -2.55. The molecule has 0 unspecified atom stereocenters. The van der Waals surface area contributed by atoms with Crippen LogP contribution in [0.1, 0.15) is 55.5 Å². The lowest BCUT2D eigenvalue weighted by molar-refractivity contribution is -0.146. The van der Waals surface area contributed by atoms with Crippen LogP contribution in [0.25, 0.3) is 0 Å². The molecule has 2 heterocycles. The van der Waals surface area contributed by atoms with Crippen LogP contribution in [-0.2, 0) is 11.2 Å². The van der Waals surface area contributed by atoms with E-state index < -0.39 is 0 Å². The van der Waals surface area contributed by atoms with Crippen LogP contribution >= 0.6 is 11.5 Å². The summed E-state index contributed by atoms with van der Waals surface area (Å²) in [5.41, 5.74) is 2.51. The Morgan fingerprint density at radius 1 is 1.03 bits per heavy atom. The van der Waals surface area contributed by atoms with Gasteiger partial charge in [-0.2, -0.15) is 4.37 Å². The van der Waals surface area contributed by atoms with E-state index in [1.54, 1.807) is 0 Å². The molecule has 7 rings (SSSR count). The SMILES string of the molecule is Cc1ccc(Cc2nsc(N3CCN(CCNC(=O)C45CC6CC(CC(C6)C4)C5)CC3)n2)cc1. The van der Waals surface area contributed by atoms with Crippen molar-refractivity contribution in [1.82, 2.24) is 19.6 Å². The Morgan fingerprint density at radius 2 is 1.68 bits per heavy atom. The molecule has 0 atom stereocenters. The number of benzene rings is 1. The Balaban J connectivity index is 0.948. The van der Waals surface area contributed by atoms with Gasteiger partial charge in [0.25, 0.3) is 0 Å². The van der Waals surface area contributed by atoms with E-state index in [9.17, 15) is 4.79 Å². The maximum Gasteiger partial charge on any atom is 0.226 e. The van der Waals surface area contributed by atoms with Crippen LogP contribution in [0.4, 0.5) is 5.13 Å². The van der Waals surface area contributed by atoms with Gasteiger partial charge in [-0.3, -0.25) is 9.69 Å². The molecule has 1 aromatic carbocycles. The van der Waals surface area contributed by atoms with Crippen molar-refractivity contribution in [3.63, 3.8) is 0 Å². The number of nitrogens with zero attached hydrogens (tertiary/aromatic N) is 4. The lowest BCUT2D eigenvalue weighted by Crippen LogP contribution is -2.54. The Labute approximate surface area is 207 Å². The van der Waals surface area contributed by atoms with Crippen LogP contribution in [0.3, 0.4) is 0 Å².